The van der Waals surface area contributed by atoms with Crippen LogP contribution in [0.5, 0.6) is 5.75 Å². The minimum Gasteiger partial charge on any atom is -0.486 e. The maximum absolute atomic E-state index is 14.8. The van der Waals surface area contributed by atoms with Crippen molar-refractivity contribution in [1.29, 1.82) is 0 Å². The highest BCUT2D eigenvalue weighted by Crippen LogP contribution is 2.48. The van der Waals surface area contributed by atoms with Gasteiger partial charge in [0.25, 0.3) is 0 Å². The van der Waals surface area contributed by atoms with Crippen molar-refractivity contribution in [2.75, 3.05) is 6.61 Å². The van der Waals surface area contributed by atoms with Crippen molar-refractivity contribution in [2.45, 2.75) is 83.5 Å². The van der Waals surface area contributed by atoms with Gasteiger partial charge in [-0.3, -0.25) is 0 Å². The normalized spacial score (nSPS) is 25.9. The average Bonchev–Trinajstić information content (AvgIpc) is 2.81. The molecule has 1 nitrogen and oxygen atoms in total. The topological polar surface area (TPSA) is 9.23 Å². The summed E-state index contributed by atoms with van der Waals surface area (Å²) in [5.41, 5.74) is 1.40. The first kappa shape index (κ1) is 22.4. The molecule has 2 saturated carbocycles. The molecule has 0 N–H and O–H groups in total. The highest BCUT2D eigenvalue weighted by molar-refractivity contribution is 5.85. The Kier molecular flexibility index (Phi) is 7.69. The van der Waals surface area contributed by atoms with Crippen LogP contribution in [-0.2, 0) is 0 Å². The number of rotatable bonds is 9. The molecule has 0 heterocycles. The van der Waals surface area contributed by atoms with Gasteiger partial charge >= 0.3 is 0 Å². The first-order chi connectivity index (χ1) is 15.2. The van der Waals surface area contributed by atoms with Crippen molar-refractivity contribution in [1.82, 2.24) is 0 Å². The Hall–Kier alpha value is -1.83. The molecule has 0 aliphatic heterocycles. The van der Waals surface area contributed by atoms with E-state index in [2.05, 4.69) is 25.6 Å². The Bertz CT molecular complexity index is 872. The highest BCUT2D eigenvalue weighted by atomic mass is 19.1. The largest absolute Gasteiger partial charge is 0.486 e. The summed E-state index contributed by atoms with van der Waals surface area (Å²) in [5.74, 6) is 3.51. The molecule has 4 rings (SSSR count). The molecule has 0 bridgehead atoms. The third-order valence-electron chi connectivity index (χ3n) is 7.96. The summed E-state index contributed by atoms with van der Waals surface area (Å²) in [5, 5.41) is 1.64. The molecular formula is C29H39FO. The maximum atomic E-state index is 14.8. The SMILES string of the molecule is C=CCOc1ccc2cc([C@@H]3CC[C@@H]4CC(CCCCCC)CCC4C3)ccc2c1F. The zero-order valence-corrected chi connectivity index (χ0v) is 19.3. The smallest absolute Gasteiger partial charge is 0.172 e. The van der Waals surface area contributed by atoms with Crippen molar-refractivity contribution < 1.29 is 9.13 Å². The Morgan fingerprint density at radius 3 is 2.68 bits per heavy atom. The molecule has 0 aromatic heterocycles. The van der Waals surface area contributed by atoms with Gasteiger partial charge in [-0.05, 0) is 72.8 Å². The van der Waals surface area contributed by atoms with Crippen LogP contribution in [0.25, 0.3) is 10.8 Å². The summed E-state index contributed by atoms with van der Waals surface area (Å²) in [6.45, 7) is 6.26. The Labute approximate surface area is 188 Å². The van der Waals surface area contributed by atoms with E-state index in [1.165, 1.54) is 76.2 Å². The van der Waals surface area contributed by atoms with Crippen LogP contribution in [0.1, 0.15) is 89.0 Å². The van der Waals surface area contributed by atoms with Gasteiger partial charge in [0.05, 0.1) is 0 Å². The molecule has 2 fully saturated rings. The third kappa shape index (κ3) is 5.33. The van der Waals surface area contributed by atoms with Crippen LogP contribution in [0.2, 0.25) is 0 Å². The molecule has 2 heteroatoms. The second-order valence-electron chi connectivity index (χ2n) is 10.0. The van der Waals surface area contributed by atoms with E-state index in [0.717, 1.165) is 23.1 Å². The molecule has 0 radical (unpaired) electrons. The summed E-state index contributed by atoms with van der Waals surface area (Å²) in [7, 11) is 0. The van der Waals surface area contributed by atoms with E-state index in [1.807, 2.05) is 12.1 Å². The van der Waals surface area contributed by atoms with Crippen molar-refractivity contribution >= 4 is 10.8 Å². The predicted molar refractivity (Wildman–Crippen MR) is 129 cm³/mol. The minimum absolute atomic E-state index is 0.258. The molecule has 0 amide bonds. The van der Waals surface area contributed by atoms with E-state index in [1.54, 1.807) is 12.1 Å². The number of halogens is 1. The maximum Gasteiger partial charge on any atom is 0.172 e. The zero-order valence-electron chi connectivity index (χ0n) is 19.3. The third-order valence-corrected chi connectivity index (χ3v) is 7.96. The Morgan fingerprint density at radius 2 is 1.84 bits per heavy atom. The van der Waals surface area contributed by atoms with Crippen molar-refractivity contribution in [3.8, 4) is 5.75 Å². The second kappa shape index (κ2) is 10.7. The van der Waals surface area contributed by atoms with Gasteiger partial charge in [-0.2, -0.15) is 0 Å². The number of fused-ring (bicyclic) bond motifs is 2. The molecular weight excluding hydrogens is 383 g/mol. The van der Waals surface area contributed by atoms with E-state index >= 15 is 0 Å². The lowest BCUT2D eigenvalue weighted by atomic mass is 9.63. The van der Waals surface area contributed by atoms with Crippen LogP contribution < -0.4 is 4.74 Å². The van der Waals surface area contributed by atoms with Crippen molar-refractivity contribution in [3.05, 3.63) is 54.4 Å². The van der Waals surface area contributed by atoms with Crippen LogP contribution in [0.4, 0.5) is 4.39 Å². The molecule has 2 aliphatic rings. The molecule has 2 aliphatic carbocycles. The van der Waals surface area contributed by atoms with E-state index < -0.39 is 0 Å². The number of hydrogen-bond donors (Lipinski definition) is 0. The lowest BCUT2D eigenvalue weighted by Crippen LogP contribution is -2.30. The van der Waals surface area contributed by atoms with E-state index in [0.29, 0.717) is 23.7 Å². The zero-order chi connectivity index (χ0) is 21.6. The molecule has 2 aromatic carbocycles. The van der Waals surface area contributed by atoms with E-state index in [4.69, 9.17) is 4.74 Å². The fourth-order valence-electron chi connectivity index (χ4n) is 6.22. The van der Waals surface area contributed by atoms with Crippen LogP contribution in [0.15, 0.2) is 43.0 Å². The van der Waals surface area contributed by atoms with Gasteiger partial charge in [-0.15, -0.1) is 0 Å². The first-order valence-electron chi connectivity index (χ1n) is 12.7. The quantitative estimate of drug-likeness (QED) is 0.290. The van der Waals surface area contributed by atoms with Crippen molar-refractivity contribution in [3.63, 3.8) is 0 Å². The van der Waals surface area contributed by atoms with E-state index in [-0.39, 0.29) is 5.82 Å². The van der Waals surface area contributed by atoms with Gasteiger partial charge in [-0.25, -0.2) is 4.39 Å². The predicted octanol–water partition coefficient (Wildman–Crippen LogP) is 8.81. The fourth-order valence-corrected chi connectivity index (χ4v) is 6.22. The summed E-state index contributed by atoms with van der Waals surface area (Å²) < 4.78 is 20.2. The van der Waals surface area contributed by atoms with Crippen molar-refractivity contribution in [2.24, 2.45) is 17.8 Å². The van der Waals surface area contributed by atoms with Crippen LogP contribution in [-0.4, -0.2) is 6.61 Å². The van der Waals surface area contributed by atoms with Gasteiger partial charge in [0.1, 0.15) is 6.61 Å². The lowest BCUT2D eigenvalue weighted by molar-refractivity contribution is 0.113. The summed E-state index contributed by atoms with van der Waals surface area (Å²) in [6.07, 6.45) is 17.0. The number of ether oxygens (including phenoxy) is 1. The molecule has 4 atom stereocenters. The molecule has 168 valence electrons. The first-order valence-corrected chi connectivity index (χ1v) is 12.7. The van der Waals surface area contributed by atoms with Crippen LogP contribution in [0.3, 0.4) is 0 Å². The second-order valence-corrected chi connectivity index (χ2v) is 10.0. The van der Waals surface area contributed by atoms with Crippen LogP contribution in [0, 0.1) is 23.6 Å². The average molecular weight is 423 g/mol. The number of hydrogen-bond acceptors (Lipinski definition) is 1. The molecule has 0 spiro atoms. The van der Waals surface area contributed by atoms with Crippen LogP contribution >= 0.6 is 0 Å². The summed E-state index contributed by atoms with van der Waals surface area (Å²) in [4.78, 5) is 0. The standard InChI is InChI=1S/C29H39FO/c1-3-5-6-7-8-21-9-10-23-19-24(12-11-22(23)18-21)25-13-15-27-26(20-25)14-16-28(29(27)30)31-17-4-2/h4,13-16,20-24H,2-3,5-12,17-19H2,1H3/t21?,22-,23?,24-/m1/s1. The van der Waals surface area contributed by atoms with E-state index in [9.17, 15) is 4.39 Å². The number of unbranched alkanes of at least 4 members (excludes halogenated alkanes) is 3. The fraction of sp³-hybridized carbons (Fsp3) is 0.586. The Morgan fingerprint density at radius 1 is 1.00 bits per heavy atom. The van der Waals surface area contributed by atoms with Gasteiger partial charge in [0, 0.05) is 5.39 Å². The lowest BCUT2D eigenvalue weighted by Gasteiger charge is -2.42. The molecule has 2 aromatic rings. The van der Waals surface area contributed by atoms with Gasteiger partial charge < -0.3 is 4.74 Å². The molecule has 31 heavy (non-hydrogen) atoms. The molecule has 2 unspecified atom stereocenters. The van der Waals surface area contributed by atoms with Gasteiger partial charge in [0.15, 0.2) is 11.6 Å². The molecule has 0 saturated heterocycles. The highest BCUT2D eigenvalue weighted by Gasteiger charge is 2.35. The summed E-state index contributed by atoms with van der Waals surface area (Å²) in [6, 6.07) is 10.1. The van der Waals surface area contributed by atoms with Gasteiger partial charge in [-0.1, -0.05) is 82.4 Å². The monoisotopic (exact) mass is 422 g/mol. The van der Waals surface area contributed by atoms with Gasteiger partial charge in [0.2, 0.25) is 0 Å². The summed E-state index contributed by atoms with van der Waals surface area (Å²) >= 11 is 0. The minimum atomic E-state index is -0.258. The number of benzene rings is 2. The Balaban J connectivity index is 1.37.